The normalized spacial score (nSPS) is 11.2. The number of benzene rings is 2. The fourth-order valence-electron chi connectivity index (χ4n) is 3.03. The number of anilines is 1. The number of nitrogens with zero attached hydrogens (tertiary/aromatic N) is 4. The van der Waals surface area contributed by atoms with Crippen LogP contribution in [0.2, 0.25) is 5.02 Å². The lowest BCUT2D eigenvalue weighted by molar-refractivity contribution is 0.249. The monoisotopic (exact) mass is 457 g/mol. The molecule has 0 bridgehead atoms. The first-order valence-corrected chi connectivity index (χ1v) is 11.2. The fraction of sp³-hybridized carbons (Fsp3) is 0.190. The summed E-state index contributed by atoms with van der Waals surface area (Å²) in [6.45, 7) is 5.09. The van der Waals surface area contributed by atoms with Crippen LogP contribution < -0.4 is 9.62 Å². The molecule has 31 heavy (non-hydrogen) atoms. The fourth-order valence-corrected chi connectivity index (χ4v) is 4.10. The number of rotatable bonds is 5. The number of hydrogen-bond acceptors (Lipinski definition) is 5. The quantitative estimate of drug-likeness (QED) is 0.622. The maximum Gasteiger partial charge on any atom is 0.337 e. The van der Waals surface area contributed by atoms with Crippen molar-refractivity contribution in [1.82, 2.24) is 14.5 Å². The lowest BCUT2D eigenvalue weighted by Gasteiger charge is -2.27. The van der Waals surface area contributed by atoms with Gasteiger partial charge in [0.15, 0.2) is 5.82 Å². The zero-order valence-corrected chi connectivity index (χ0v) is 18.6. The minimum atomic E-state index is -4.17. The largest absolute Gasteiger partial charge is 0.337 e. The molecule has 3 aromatic rings. The molecule has 2 aromatic carbocycles. The van der Waals surface area contributed by atoms with E-state index >= 15 is 0 Å². The van der Waals surface area contributed by atoms with E-state index in [0.717, 1.165) is 0 Å². The summed E-state index contributed by atoms with van der Waals surface area (Å²) in [6.07, 6.45) is 0. The second-order valence-corrected chi connectivity index (χ2v) is 9.09. The Morgan fingerprint density at radius 1 is 1.16 bits per heavy atom. The second-order valence-electron chi connectivity index (χ2n) is 6.97. The zero-order chi connectivity index (χ0) is 22.8. The van der Waals surface area contributed by atoms with E-state index in [-0.39, 0.29) is 16.3 Å². The lowest BCUT2D eigenvalue weighted by atomic mass is 10.2. The first-order valence-electron chi connectivity index (χ1n) is 9.32. The number of sulfonamides is 1. The average molecular weight is 458 g/mol. The molecule has 0 saturated heterocycles. The number of amides is 2. The third kappa shape index (κ3) is 4.55. The molecule has 0 saturated carbocycles. The van der Waals surface area contributed by atoms with E-state index in [1.807, 2.05) is 6.07 Å². The van der Waals surface area contributed by atoms with E-state index in [2.05, 4.69) is 15.9 Å². The van der Waals surface area contributed by atoms with Crippen LogP contribution in [0.3, 0.4) is 0 Å². The highest BCUT2D eigenvalue weighted by atomic mass is 35.5. The van der Waals surface area contributed by atoms with Gasteiger partial charge in [0.1, 0.15) is 11.6 Å². The molecule has 160 valence electrons. The molecule has 0 spiro atoms. The van der Waals surface area contributed by atoms with Gasteiger partial charge < -0.3 is 0 Å². The summed E-state index contributed by atoms with van der Waals surface area (Å²) < 4.78 is 29.0. The van der Waals surface area contributed by atoms with Crippen LogP contribution in [0.1, 0.15) is 25.1 Å². The summed E-state index contributed by atoms with van der Waals surface area (Å²) in [5.41, 5.74) is 1.22. The van der Waals surface area contributed by atoms with Crippen molar-refractivity contribution < 1.29 is 13.2 Å². The average Bonchev–Trinajstić information content (AvgIpc) is 3.04. The Morgan fingerprint density at radius 3 is 2.32 bits per heavy atom. The van der Waals surface area contributed by atoms with E-state index in [0.29, 0.717) is 16.4 Å². The number of halogens is 1. The molecule has 8 nitrogen and oxygen atoms in total. The molecule has 0 atom stereocenters. The van der Waals surface area contributed by atoms with Crippen LogP contribution in [0.15, 0.2) is 59.5 Å². The minimum Gasteiger partial charge on any atom is -0.274 e. The van der Waals surface area contributed by atoms with Gasteiger partial charge in [-0.15, -0.1) is 0 Å². The van der Waals surface area contributed by atoms with Gasteiger partial charge >= 0.3 is 6.03 Å². The number of nitriles is 1. The molecular formula is C21H20ClN5O3S. The van der Waals surface area contributed by atoms with Gasteiger partial charge in [-0.05, 0) is 57.2 Å². The third-order valence-electron chi connectivity index (χ3n) is 4.46. The molecule has 3 rings (SSSR count). The summed E-state index contributed by atoms with van der Waals surface area (Å²) in [4.78, 5) is 14.3. The smallest absolute Gasteiger partial charge is 0.274 e. The molecule has 2 amide bonds. The number of nitrogens with one attached hydrogen (secondary N) is 1. The zero-order valence-electron chi connectivity index (χ0n) is 17.1. The van der Waals surface area contributed by atoms with Crippen LogP contribution in [0.25, 0.3) is 5.69 Å². The van der Waals surface area contributed by atoms with Crippen molar-refractivity contribution in [3.05, 3.63) is 70.9 Å². The van der Waals surface area contributed by atoms with Crippen molar-refractivity contribution in [2.45, 2.75) is 31.7 Å². The van der Waals surface area contributed by atoms with Gasteiger partial charge in [-0.2, -0.15) is 10.4 Å². The first-order chi connectivity index (χ1) is 14.7. The molecule has 1 aromatic heterocycles. The van der Waals surface area contributed by atoms with Crippen molar-refractivity contribution in [2.24, 2.45) is 0 Å². The van der Waals surface area contributed by atoms with Gasteiger partial charge in [0.05, 0.1) is 16.3 Å². The highest BCUT2D eigenvalue weighted by Crippen LogP contribution is 2.29. The summed E-state index contributed by atoms with van der Waals surface area (Å²) >= 11 is 5.82. The van der Waals surface area contributed by atoms with Gasteiger partial charge in [0, 0.05) is 11.1 Å². The Morgan fingerprint density at radius 2 is 1.77 bits per heavy atom. The number of aryl methyl sites for hydroxylation is 1. The van der Waals surface area contributed by atoms with E-state index < -0.39 is 22.1 Å². The van der Waals surface area contributed by atoms with Gasteiger partial charge in [0.2, 0.25) is 0 Å². The molecule has 0 fully saturated rings. The Balaban J connectivity index is 2.08. The highest BCUT2D eigenvalue weighted by Gasteiger charge is 2.31. The Labute approximate surface area is 185 Å². The van der Waals surface area contributed by atoms with Crippen molar-refractivity contribution >= 4 is 33.5 Å². The molecule has 0 aliphatic carbocycles. The van der Waals surface area contributed by atoms with Crippen LogP contribution in [-0.2, 0) is 10.0 Å². The second kappa shape index (κ2) is 8.79. The number of carbonyl (C=O) groups is 1. The highest BCUT2D eigenvalue weighted by molar-refractivity contribution is 7.90. The maximum absolute atomic E-state index is 13.2. The Kier molecular flexibility index (Phi) is 6.34. The van der Waals surface area contributed by atoms with Gasteiger partial charge in [-0.3, -0.25) is 4.90 Å². The van der Waals surface area contributed by atoms with E-state index in [4.69, 9.17) is 11.6 Å². The van der Waals surface area contributed by atoms with E-state index in [1.54, 1.807) is 45.0 Å². The minimum absolute atomic E-state index is 0.109. The van der Waals surface area contributed by atoms with Crippen LogP contribution in [-0.4, -0.2) is 30.3 Å². The summed E-state index contributed by atoms with van der Waals surface area (Å²) in [6, 6.07) is 15.1. The standard InChI is InChI=1S/C21H20ClN5O3S/c1-14(2)26(21(28)25-31(29,30)18-11-9-16(22)10-12-18)20-19(13-23)15(3)24-27(20)17-7-5-4-6-8-17/h4-12,14H,1-3H3,(H,25,28). The van der Waals surface area contributed by atoms with Gasteiger partial charge in [-0.1, -0.05) is 29.8 Å². The Hall–Kier alpha value is -3.35. The molecule has 0 aliphatic rings. The summed E-state index contributed by atoms with van der Waals surface area (Å²) in [5, 5.41) is 14.5. The molecule has 1 N–H and O–H groups in total. The molecule has 1 heterocycles. The lowest BCUT2D eigenvalue weighted by Crippen LogP contribution is -2.47. The molecule has 0 unspecified atom stereocenters. The molecule has 0 aliphatic heterocycles. The van der Waals surface area contributed by atoms with Gasteiger partial charge in [-0.25, -0.2) is 22.6 Å². The number of carbonyl (C=O) groups excluding carboxylic acids is 1. The maximum atomic E-state index is 13.2. The van der Waals surface area contributed by atoms with E-state index in [9.17, 15) is 18.5 Å². The number of hydrogen-bond donors (Lipinski definition) is 1. The number of aromatic nitrogens is 2. The third-order valence-corrected chi connectivity index (χ3v) is 6.05. The molecule has 0 radical (unpaired) electrons. The van der Waals surface area contributed by atoms with Crippen molar-refractivity contribution in [3.63, 3.8) is 0 Å². The number of urea groups is 1. The topological polar surface area (TPSA) is 108 Å². The van der Waals surface area contributed by atoms with E-state index in [1.165, 1.54) is 33.8 Å². The van der Waals surface area contributed by atoms with Gasteiger partial charge in [0.25, 0.3) is 10.0 Å². The summed E-state index contributed by atoms with van der Waals surface area (Å²) in [5.74, 6) is 0.185. The van der Waals surface area contributed by atoms with Crippen molar-refractivity contribution in [1.29, 1.82) is 5.26 Å². The van der Waals surface area contributed by atoms with Crippen LogP contribution in [0.4, 0.5) is 10.6 Å². The first kappa shape index (κ1) is 22.3. The SMILES string of the molecule is Cc1nn(-c2ccccc2)c(N(C(=O)NS(=O)(=O)c2ccc(Cl)cc2)C(C)C)c1C#N. The van der Waals surface area contributed by atoms with Crippen LogP contribution in [0, 0.1) is 18.3 Å². The molecule has 10 heteroatoms. The van der Waals surface area contributed by atoms with Crippen LogP contribution >= 0.6 is 11.6 Å². The Bertz CT molecular complexity index is 1250. The molecular weight excluding hydrogens is 438 g/mol. The summed E-state index contributed by atoms with van der Waals surface area (Å²) in [7, 11) is -4.17. The van der Waals surface area contributed by atoms with Crippen molar-refractivity contribution in [3.8, 4) is 11.8 Å². The predicted octanol–water partition coefficient (Wildman–Crippen LogP) is 4.02. The van der Waals surface area contributed by atoms with Crippen LogP contribution in [0.5, 0.6) is 0 Å². The number of para-hydroxylation sites is 1. The predicted molar refractivity (Wildman–Crippen MR) is 118 cm³/mol. The van der Waals surface area contributed by atoms with Crippen molar-refractivity contribution in [2.75, 3.05) is 4.90 Å².